The molecule has 1 atom stereocenters. The summed E-state index contributed by atoms with van der Waals surface area (Å²) >= 11 is 3.24. The summed E-state index contributed by atoms with van der Waals surface area (Å²) in [4.78, 5) is 20.5. The van der Waals surface area contributed by atoms with Gasteiger partial charge in [-0.2, -0.15) is 0 Å². The third-order valence-corrected chi connectivity index (χ3v) is 10.4. The molecule has 202 valence electrons. The van der Waals surface area contributed by atoms with Crippen LogP contribution in [0.5, 0.6) is 0 Å². The number of rotatable bonds is 7. The fourth-order valence-corrected chi connectivity index (χ4v) is 8.01. The first-order valence-corrected chi connectivity index (χ1v) is 16.3. The quantitative estimate of drug-likeness (QED) is 0.279. The third-order valence-electron chi connectivity index (χ3n) is 7.14. The van der Waals surface area contributed by atoms with Gasteiger partial charge in [-0.15, -0.1) is 11.3 Å². The van der Waals surface area contributed by atoms with Gasteiger partial charge in [0.05, 0.1) is 6.26 Å². The number of nitrogen functional groups attached to an aromatic ring is 1. The maximum absolute atomic E-state index is 12.2. The fraction of sp³-hybridized carbons (Fsp3) is 0.333. The summed E-state index contributed by atoms with van der Waals surface area (Å²) in [5.74, 6) is 0.605. The summed E-state index contributed by atoms with van der Waals surface area (Å²) < 4.78 is 28.0. The van der Waals surface area contributed by atoms with E-state index in [-0.39, 0.29) is 5.92 Å². The number of benzene rings is 2. The Labute approximate surface area is 235 Å². The first-order chi connectivity index (χ1) is 18.8. The molecule has 0 bridgehead atoms. The summed E-state index contributed by atoms with van der Waals surface area (Å²) in [5, 5.41) is 4.03. The van der Waals surface area contributed by atoms with E-state index in [1.165, 1.54) is 12.6 Å². The molecule has 4 heterocycles. The largest absolute Gasteiger partial charge is 0.382 e. The zero-order chi connectivity index (χ0) is 27.1. The van der Waals surface area contributed by atoms with Crippen LogP contribution in [0.4, 0.5) is 5.82 Å². The van der Waals surface area contributed by atoms with E-state index in [9.17, 15) is 8.42 Å². The lowest BCUT2D eigenvalue weighted by Crippen LogP contribution is -2.39. The number of aromatic nitrogens is 5. The third kappa shape index (κ3) is 5.38. The average molecular weight is 580 g/mol. The molecule has 0 spiro atoms. The van der Waals surface area contributed by atoms with Crippen LogP contribution in [0.2, 0.25) is 0 Å². The highest BCUT2D eigenvalue weighted by atomic mass is 32.2. The van der Waals surface area contributed by atoms with Gasteiger partial charge in [0.15, 0.2) is 22.1 Å². The van der Waals surface area contributed by atoms with E-state index >= 15 is 0 Å². The van der Waals surface area contributed by atoms with E-state index < -0.39 is 10.0 Å². The molecular formula is C27H29N7O2S3. The van der Waals surface area contributed by atoms with Gasteiger partial charge in [0.2, 0.25) is 10.0 Å². The van der Waals surface area contributed by atoms with E-state index in [2.05, 4.69) is 50.7 Å². The van der Waals surface area contributed by atoms with E-state index in [0.29, 0.717) is 36.6 Å². The second-order valence-electron chi connectivity index (χ2n) is 9.97. The van der Waals surface area contributed by atoms with Crippen molar-refractivity contribution in [1.82, 2.24) is 28.8 Å². The van der Waals surface area contributed by atoms with Crippen LogP contribution in [-0.2, 0) is 16.6 Å². The molecular weight excluding hydrogens is 551 g/mol. The predicted octanol–water partition coefficient (Wildman–Crippen LogP) is 5.21. The van der Waals surface area contributed by atoms with Crippen LogP contribution >= 0.6 is 23.1 Å². The van der Waals surface area contributed by atoms with Gasteiger partial charge in [-0.3, -0.25) is 0 Å². The zero-order valence-electron chi connectivity index (χ0n) is 21.7. The van der Waals surface area contributed by atoms with Gasteiger partial charge in [0.1, 0.15) is 11.3 Å². The number of nitrogens with zero attached hydrogens (tertiary/aromatic N) is 6. The number of thiazole rings is 1. The van der Waals surface area contributed by atoms with E-state index in [1.54, 1.807) is 27.4 Å². The smallest absolute Gasteiger partial charge is 0.211 e. The van der Waals surface area contributed by atoms with Crippen molar-refractivity contribution < 1.29 is 8.42 Å². The number of hydrogen-bond acceptors (Lipinski definition) is 9. The molecule has 6 rings (SSSR count). The van der Waals surface area contributed by atoms with E-state index in [0.717, 1.165) is 55.5 Å². The van der Waals surface area contributed by atoms with Gasteiger partial charge in [0, 0.05) is 41.2 Å². The number of anilines is 1. The lowest BCUT2D eigenvalue weighted by molar-refractivity contribution is 0.249. The summed E-state index contributed by atoms with van der Waals surface area (Å²) in [6.07, 6.45) is 7.34. The Morgan fingerprint density at radius 1 is 1.15 bits per heavy atom. The molecule has 39 heavy (non-hydrogen) atoms. The maximum atomic E-state index is 12.2. The number of hydrogen-bond donors (Lipinski definition) is 1. The molecule has 2 aromatic carbocycles. The Bertz CT molecular complexity index is 1780. The number of aryl methyl sites for hydroxylation is 2. The van der Waals surface area contributed by atoms with Gasteiger partial charge >= 0.3 is 0 Å². The predicted molar refractivity (Wildman–Crippen MR) is 157 cm³/mol. The van der Waals surface area contributed by atoms with Crippen LogP contribution in [0.15, 0.2) is 59.0 Å². The molecule has 1 aliphatic heterocycles. The molecule has 5 aromatic rings. The second kappa shape index (κ2) is 10.5. The number of fused-ring (bicyclic) bond motifs is 2. The molecule has 2 N–H and O–H groups in total. The monoisotopic (exact) mass is 579 g/mol. The fourth-order valence-electron chi connectivity index (χ4n) is 5.14. The Hall–Kier alpha value is -3.06. The van der Waals surface area contributed by atoms with Crippen LogP contribution in [-0.4, -0.2) is 56.6 Å². The number of imidazole rings is 1. The SMILES string of the molecule is Cc1cnc(-c2cc3ccccc3cc2Sc2nc3c(N)ncnc3n2CCC2CCCN(S(C)(=O)=O)C2)s1. The molecule has 0 saturated carbocycles. The molecule has 9 nitrogen and oxygen atoms in total. The van der Waals surface area contributed by atoms with Crippen molar-refractivity contribution in [3.63, 3.8) is 0 Å². The average Bonchev–Trinajstić information content (AvgIpc) is 3.50. The highest BCUT2D eigenvalue weighted by molar-refractivity contribution is 7.99. The molecule has 0 amide bonds. The van der Waals surface area contributed by atoms with Crippen LogP contribution in [0, 0.1) is 12.8 Å². The summed E-state index contributed by atoms with van der Waals surface area (Å²) in [6.45, 7) is 3.85. The Kier molecular flexibility index (Phi) is 7.04. The minimum absolute atomic E-state index is 0.262. The molecule has 3 aromatic heterocycles. The van der Waals surface area contributed by atoms with Crippen molar-refractivity contribution in [2.45, 2.75) is 42.8 Å². The molecule has 1 saturated heterocycles. The summed E-state index contributed by atoms with van der Waals surface area (Å²) in [7, 11) is -3.20. The Balaban J connectivity index is 1.38. The molecule has 1 unspecified atom stereocenters. The number of piperidine rings is 1. The van der Waals surface area contributed by atoms with Crippen LogP contribution in [0.3, 0.4) is 0 Å². The second-order valence-corrected chi connectivity index (χ2v) is 14.2. The Morgan fingerprint density at radius 3 is 2.69 bits per heavy atom. The van der Waals surface area contributed by atoms with Crippen molar-refractivity contribution in [3.05, 3.63) is 53.8 Å². The maximum Gasteiger partial charge on any atom is 0.211 e. The van der Waals surface area contributed by atoms with Crippen molar-refractivity contribution in [3.8, 4) is 10.6 Å². The van der Waals surface area contributed by atoms with E-state index in [4.69, 9.17) is 10.7 Å². The highest BCUT2D eigenvalue weighted by Crippen LogP contribution is 2.41. The van der Waals surface area contributed by atoms with Gasteiger partial charge in [0.25, 0.3) is 0 Å². The van der Waals surface area contributed by atoms with Gasteiger partial charge in [-0.05, 0) is 55.0 Å². The summed E-state index contributed by atoms with van der Waals surface area (Å²) in [5.41, 5.74) is 8.54. The number of sulfonamides is 1. The minimum Gasteiger partial charge on any atom is -0.382 e. The van der Waals surface area contributed by atoms with Crippen molar-refractivity contribution in [1.29, 1.82) is 0 Å². The van der Waals surface area contributed by atoms with Gasteiger partial charge < -0.3 is 10.3 Å². The van der Waals surface area contributed by atoms with Gasteiger partial charge in [-0.1, -0.05) is 36.0 Å². The standard InChI is InChI=1S/C27H29N7O2S3/c1-17-14-29-26(37-17)21-12-19-7-3-4-8-20(19)13-22(21)38-27-32-23-24(28)30-16-31-25(23)34(27)11-9-18-6-5-10-33(15-18)39(2,35)36/h3-4,7-8,12-14,16,18H,5-6,9-11,15H2,1-2H3,(H2,28,30,31). The lowest BCUT2D eigenvalue weighted by atomic mass is 9.96. The van der Waals surface area contributed by atoms with Crippen molar-refractivity contribution >= 4 is 60.9 Å². The van der Waals surface area contributed by atoms with Crippen LogP contribution in [0.25, 0.3) is 32.5 Å². The van der Waals surface area contributed by atoms with E-state index in [1.807, 2.05) is 18.3 Å². The highest BCUT2D eigenvalue weighted by Gasteiger charge is 2.27. The van der Waals surface area contributed by atoms with Crippen LogP contribution < -0.4 is 5.73 Å². The minimum atomic E-state index is -3.20. The zero-order valence-corrected chi connectivity index (χ0v) is 24.2. The molecule has 0 radical (unpaired) electrons. The lowest BCUT2D eigenvalue weighted by Gasteiger charge is -2.31. The summed E-state index contributed by atoms with van der Waals surface area (Å²) in [6, 6.07) is 12.7. The normalized spacial score (nSPS) is 16.8. The molecule has 1 fully saturated rings. The molecule has 12 heteroatoms. The number of nitrogens with two attached hydrogens (primary N) is 1. The first-order valence-electron chi connectivity index (χ1n) is 12.8. The van der Waals surface area contributed by atoms with Gasteiger partial charge in [-0.25, -0.2) is 32.7 Å². The first kappa shape index (κ1) is 26.2. The molecule has 1 aliphatic rings. The van der Waals surface area contributed by atoms with Crippen molar-refractivity contribution in [2.24, 2.45) is 5.92 Å². The molecule has 0 aliphatic carbocycles. The van der Waals surface area contributed by atoms with Crippen LogP contribution in [0.1, 0.15) is 24.1 Å². The Morgan fingerprint density at radius 2 is 1.95 bits per heavy atom. The topological polar surface area (TPSA) is 120 Å². The van der Waals surface area contributed by atoms with Crippen molar-refractivity contribution in [2.75, 3.05) is 25.1 Å².